The molecule has 7 heteroatoms. The number of rotatable bonds is 2. The van der Waals surface area contributed by atoms with Crippen LogP contribution < -0.4 is 11.1 Å². The quantitative estimate of drug-likeness (QED) is 0.700. The topological polar surface area (TPSA) is 102 Å². The number of hydrogen-bond acceptors (Lipinski definition) is 6. The van der Waals surface area contributed by atoms with Crippen LogP contribution in [0.1, 0.15) is 12.8 Å². The number of ether oxygens (including phenoxy) is 1. The molecule has 1 saturated heterocycles. The second-order valence-electron chi connectivity index (χ2n) is 4.12. The number of aromatic nitrogens is 4. The second-order valence-corrected chi connectivity index (χ2v) is 4.12. The highest BCUT2D eigenvalue weighted by Gasteiger charge is 2.16. The van der Waals surface area contributed by atoms with Crippen LogP contribution in [-0.4, -0.2) is 39.4 Å². The van der Waals surface area contributed by atoms with E-state index >= 15 is 0 Å². The zero-order valence-corrected chi connectivity index (χ0v) is 9.31. The highest BCUT2D eigenvalue weighted by Crippen LogP contribution is 2.21. The Balaban J connectivity index is 1.90. The third-order valence-corrected chi connectivity index (χ3v) is 2.83. The molecule has 1 unspecified atom stereocenters. The minimum atomic E-state index is 0.237. The summed E-state index contributed by atoms with van der Waals surface area (Å²) < 4.78 is 5.42. The summed E-state index contributed by atoms with van der Waals surface area (Å²) in [5, 5.41) is 10.9. The molecule has 0 amide bonds. The van der Waals surface area contributed by atoms with Gasteiger partial charge in [0.25, 0.3) is 0 Å². The molecule has 0 saturated carbocycles. The van der Waals surface area contributed by atoms with Crippen molar-refractivity contribution >= 4 is 22.8 Å². The van der Waals surface area contributed by atoms with Crippen molar-refractivity contribution in [3.05, 3.63) is 6.20 Å². The molecular weight excluding hydrogens is 220 g/mol. The molecule has 0 aliphatic carbocycles. The van der Waals surface area contributed by atoms with E-state index in [4.69, 9.17) is 10.5 Å². The summed E-state index contributed by atoms with van der Waals surface area (Å²) in [6.45, 7) is 1.54. The van der Waals surface area contributed by atoms with Gasteiger partial charge in [0.2, 0.25) is 5.95 Å². The number of nitrogens with one attached hydrogen (secondary N) is 2. The van der Waals surface area contributed by atoms with Gasteiger partial charge in [-0.2, -0.15) is 15.1 Å². The van der Waals surface area contributed by atoms with Crippen LogP contribution in [0.2, 0.25) is 0 Å². The summed E-state index contributed by atoms with van der Waals surface area (Å²) in [5.41, 5.74) is 6.30. The maximum atomic E-state index is 5.65. The van der Waals surface area contributed by atoms with E-state index in [0.717, 1.165) is 30.7 Å². The van der Waals surface area contributed by atoms with Crippen LogP contribution in [0.3, 0.4) is 0 Å². The largest absolute Gasteiger partial charge is 0.379 e. The summed E-state index contributed by atoms with van der Waals surface area (Å²) in [6, 6.07) is 0.274. The van der Waals surface area contributed by atoms with Gasteiger partial charge in [0.1, 0.15) is 5.82 Å². The van der Waals surface area contributed by atoms with Crippen molar-refractivity contribution in [2.24, 2.45) is 0 Å². The average molecular weight is 234 g/mol. The monoisotopic (exact) mass is 234 g/mol. The van der Waals surface area contributed by atoms with Crippen LogP contribution in [0.15, 0.2) is 6.20 Å². The predicted octanol–water partition coefficient (Wildman–Crippen LogP) is 0.526. The van der Waals surface area contributed by atoms with E-state index in [2.05, 4.69) is 25.5 Å². The summed E-state index contributed by atoms with van der Waals surface area (Å²) in [6.07, 6.45) is 3.83. The third kappa shape index (κ3) is 2.01. The standard InChI is InChI=1S/C10H14N6O/c11-10-14-8(7-4-12-16-9(7)15-10)13-6-2-1-3-17-5-6/h4,6H,1-3,5H2,(H4,11,12,13,14,15,16). The molecule has 90 valence electrons. The van der Waals surface area contributed by atoms with Crippen molar-refractivity contribution in [1.29, 1.82) is 0 Å². The molecule has 2 aromatic heterocycles. The molecule has 1 fully saturated rings. The molecule has 17 heavy (non-hydrogen) atoms. The highest BCUT2D eigenvalue weighted by atomic mass is 16.5. The van der Waals surface area contributed by atoms with E-state index in [9.17, 15) is 0 Å². The van der Waals surface area contributed by atoms with Crippen molar-refractivity contribution in [2.75, 3.05) is 24.3 Å². The van der Waals surface area contributed by atoms with E-state index in [-0.39, 0.29) is 12.0 Å². The second kappa shape index (κ2) is 4.17. The summed E-state index contributed by atoms with van der Waals surface area (Å²) in [4.78, 5) is 8.27. The Kier molecular flexibility index (Phi) is 2.52. The zero-order valence-electron chi connectivity index (χ0n) is 9.31. The van der Waals surface area contributed by atoms with Gasteiger partial charge in [0, 0.05) is 6.61 Å². The van der Waals surface area contributed by atoms with E-state index < -0.39 is 0 Å². The number of anilines is 2. The predicted molar refractivity (Wildman–Crippen MR) is 63.6 cm³/mol. The number of H-pyrrole nitrogens is 1. The van der Waals surface area contributed by atoms with Gasteiger partial charge in [-0.1, -0.05) is 0 Å². The lowest BCUT2D eigenvalue weighted by atomic mass is 10.1. The lowest BCUT2D eigenvalue weighted by Gasteiger charge is -2.23. The molecular formula is C10H14N6O. The molecule has 1 aliphatic heterocycles. The number of nitrogen functional groups attached to an aromatic ring is 1. The Morgan fingerprint density at radius 1 is 1.47 bits per heavy atom. The lowest BCUT2D eigenvalue weighted by Crippen LogP contribution is -2.30. The molecule has 7 nitrogen and oxygen atoms in total. The molecule has 3 heterocycles. The van der Waals surface area contributed by atoms with Gasteiger partial charge in [-0.25, -0.2) is 0 Å². The van der Waals surface area contributed by atoms with Gasteiger partial charge >= 0.3 is 0 Å². The first kappa shape index (κ1) is 10.3. The molecule has 0 spiro atoms. The van der Waals surface area contributed by atoms with Gasteiger partial charge < -0.3 is 15.8 Å². The van der Waals surface area contributed by atoms with Crippen molar-refractivity contribution in [2.45, 2.75) is 18.9 Å². The SMILES string of the molecule is Nc1nc(NC2CCCOC2)c2cn[nH]c2n1. The van der Waals surface area contributed by atoms with Gasteiger partial charge in [-0.3, -0.25) is 5.10 Å². The molecule has 0 aromatic carbocycles. The minimum Gasteiger partial charge on any atom is -0.379 e. The molecule has 2 aromatic rings. The maximum absolute atomic E-state index is 5.65. The number of aromatic amines is 1. The van der Waals surface area contributed by atoms with Crippen LogP contribution in [0.4, 0.5) is 11.8 Å². The Hall–Kier alpha value is -1.89. The normalized spacial score (nSPS) is 20.6. The van der Waals surface area contributed by atoms with Crippen LogP contribution in [0, 0.1) is 0 Å². The van der Waals surface area contributed by atoms with Gasteiger partial charge in [-0.05, 0) is 12.8 Å². The molecule has 4 N–H and O–H groups in total. The first-order valence-electron chi connectivity index (χ1n) is 5.64. The molecule has 3 rings (SSSR count). The van der Waals surface area contributed by atoms with Gasteiger partial charge in [0.15, 0.2) is 5.65 Å². The first-order chi connectivity index (χ1) is 8.33. The van der Waals surface area contributed by atoms with E-state index in [1.165, 1.54) is 0 Å². The van der Waals surface area contributed by atoms with Crippen LogP contribution in [0.25, 0.3) is 11.0 Å². The Morgan fingerprint density at radius 3 is 3.24 bits per heavy atom. The van der Waals surface area contributed by atoms with E-state index in [0.29, 0.717) is 12.3 Å². The number of hydrogen-bond donors (Lipinski definition) is 3. The van der Waals surface area contributed by atoms with Gasteiger partial charge in [0.05, 0.1) is 24.2 Å². The van der Waals surface area contributed by atoms with Crippen molar-refractivity contribution in [1.82, 2.24) is 20.2 Å². The van der Waals surface area contributed by atoms with Gasteiger partial charge in [-0.15, -0.1) is 0 Å². The van der Waals surface area contributed by atoms with Crippen molar-refractivity contribution < 1.29 is 4.74 Å². The third-order valence-electron chi connectivity index (χ3n) is 2.83. The number of fused-ring (bicyclic) bond motifs is 1. The molecule has 1 aliphatic rings. The molecule has 1 atom stereocenters. The molecule has 0 bridgehead atoms. The number of nitrogens with two attached hydrogens (primary N) is 1. The first-order valence-corrected chi connectivity index (χ1v) is 5.64. The fourth-order valence-electron chi connectivity index (χ4n) is 2.01. The fraction of sp³-hybridized carbons (Fsp3) is 0.500. The maximum Gasteiger partial charge on any atom is 0.224 e. The van der Waals surface area contributed by atoms with Crippen LogP contribution in [-0.2, 0) is 4.74 Å². The Morgan fingerprint density at radius 2 is 2.41 bits per heavy atom. The van der Waals surface area contributed by atoms with Crippen molar-refractivity contribution in [3.8, 4) is 0 Å². The summed E-state index contributed by atoms with van der Waals surface area (Å²) in [5.74, 6) is 0.956. The van der Waals surface area contributed by atoms with Crippen LogP contribution >= 0.6 is 0 Å². The fourth-order valence-corrected chi connectivity index (χ4v) is 2.01. The Labute approximate surface area is 97.8 Å². The van der Waals surface area contributed by atoms with Crippen LogP contribution in [0.5, 0.6) is 0 Å². The van der Waals surface area contributed by atoms with E-state index in [1.807, 2.05) is 0 Å². The molecule has 0 radical (unpaired) electrons. The van der Waals surface area contributed by atoms with E-state index in [1.54, 1.807) is 6.20 Å². The summed E-state index contributed by atoms with van der Waals surface area (Å²) in [7, 11) is 0. The average Bonchev–Trinajstić information content (AvgIpc) is 2.78. The lowest BCUT2D eigenvalue weighted by molar-refractivity contribution is 0.0875. The zero-order chi connectivity index (χ0) is 11.7. The smallest absolute Gasteiger partial charge is 0.224 e. The van der Waals surface area contributed by atoms with Crippen molar-refractivity contribution in [3.63, 3.8) is 0 Å². The highest BCUT2D eigenvalue weighted by molar-refractivity contribution is 5.86. The minimum absolute atomic E-state index is 0.237. The summed E-state index contributed by atoms with van der Waals surface area (Å²) >= 11 is 0. The Bertz CT molecular complexity index is 518. The number of nitrogens with zero attached hydrogens (tertiary/aromatic N) is 3.